The van der Waals surface area contributed by atoms with Crippen LogP contribution in [0.25, 0.3) is 0 Å². The SMILES string of the molecule is CC(C)C=O.Cc1ccc(OC(=O)c2ccc(CNC3(C(=O)O)CCC3)s2)c(F)c1.N=CN. The lowest BCUT2D eigenvalue weighted by molar-refractivity contribution is -0.148. The molecule has 2 aromatic rings. The Labute approximate surface area is 196 Å². The van der Waals surface area contributed by atoms with Gasteiger partial charge in [-0.2, -0.15) is 0 Å². The zero-order valence-electron chi connectivity index (χ0n) is 18.9. The molecule has 0 atom stereocenters. The molecule has 1 fully saturated rings. The molecule has 5 N–H and O–H groups in total. The van der Waals surface area contributed by atoms with Crippen LogP contribution < -0.4 is 15.8 Å². The Morgan fingerprint density at radius 3 is 2.39 bits per heavy atom. The quantitative estimate of drug-likeness (QED) is 0.155. The number of esters is 1. The van der Waals surface area contributed by atoms with Gasteiger partial charge < -0.3 is 20.4 Å². The first-order valence-corrected chi connectivity index (χ1v) is 11.1. The average Bonchev–Trinajstić information content (AvgIpc) is 3.19. The van der Waals surface area contributed by atoms with Gasteiger partial charge in [-0.15, -0.1) is 11.3 Å². The first kappa shape index (κ1) is 27.9. The van der Waals surface area contributed by atoms with Gasteiger partial charge in [0.15, 0.2) is 11.6 Å². The maximum absolute atomic E-state index is 13.8. The van der Waals surface area contributed by atoms with E-state index in [0.717, 1.165) is 29.5 Å². The second kappa shape index (κ2) is 13.4. The molecule has 180 valence electrons. The third kappa shape index (κ3) is 8.74. The number of hydrogen-bond donors (Lipinski definition) is 4. The molecule has 1 aliphatic carbocycles. The fourth-order valence-corrected chi connectivity index (χ4v) is 3.50. The molecule has 1 aliphatic rings. The lowest BCUT2D eigenvalue weighted by Crippen LogP contribution is -2.56. The summed E-state index contributed by atoms with van der Waals surface area (Å²) in [6, 6.07) is 7.74. The van der Waals surface area contributed by atoms with Crippen molar-refractivity contribution < 1.29 is 28.6 Å². The highest BCUT2D eigenvalue weighted by Gasteiger charge is 2.43. The molecule has 0 aliphatic heterocycles. The maximum Gasteiger partial charge on any atom is 0.353 e. The predicted octanol–water partition coefficient (Wildman–Crippen LogP) is 3.91. The van der Waals surface area contributed by atoms with E-state index in [9.17, 15) is 23.9 Å². The molecular weight excluding hydrogens is 449 g/mol. The second-order valence-electron chi connectivity index (χ2n) is 7.73. The minimum absolute atomic E-state index is 0.108. The van der Waals surface area contributed by atoms with Crippen molar-refractivity contribution in [2.45, 2.75) is 52.1 Å². The van der Waals surface area contributed by atoms with E-state index >= 15 is 0 Å². The molecule has 1 aromatic carbocycles. The highest BCUT2D eigenvalue weighted by molar-refractivity contribution is 7.13. The van der Waals surface area contributed by atoms with Gasteiger partial charge in [-0.1, -0.05) is 19.9 Å². The highest BCUT2D eigenvalue weighted by atomic mass is 32.1. The van der Waals surface area contributed by atoms with Crippen LogP contribution in [0.3, 0.4) is 0 Å². The smallest absolute Gasteiger partial charge is 0.353 e. The molecule has 0 bridgehead atoms. The van der Waals surface area contributed by atoms with E-state index in [0.29, 0.717) is 24.3 Å². The Morgan fingerprint density at radius 2 is 1.94 bits per heavy atom. The number of nitrogens with one attached hydrogen (secondary N) is 2. The predicted molar refractivity (Wildman–Crippen MR) is 125 cm³/mol. The third-order valence-electron chi connectivity index (χ3n) is 4.64. The van der Waals surface area contributed by atoms with Crippen molar-refractivity contribution >= 4 is 35.9 Å². The minimum Gasteiger partial charge on any atom is -0.480 e. The number of thiophene rings is 1. The topological polar surface area (TPSA) is 143 Å². The molecule has 0 unspecified atom stereocenters. The molecule has 1 aromatic heterocycles. The number of halogens is 1. The van der Waals surface area contributed by atoms with Gasteiger partial charge in [0.25, 0.3) is 0 Å². The van der Waals surface area contributed by atoms with Crippen molar-refractivity contribution in [3.05, 3.63) is 51.5 Å². The van der Waals surface area contributed by atoms with E-state index in [1.54, 1.807) is 25.1 Å². The maximum atomic E-state index is 13.8. The van der Waals surface area contributed by atoms with Crippen LogP contribution in [0.1, 0.15) is 53.2 Å². The van der Waals surface area contributed by atoms with Crippen molar-refractivity contribution in [3.63, 3.8) is 0 Å². The van der Waals surface area contributed by atoms with Crippen LogP contribution >= 0.6 is 11.3 Å². The number of carbonyl (C=O) groups is 3. The lowest BCUT2D eigenvalue weighted by Gasteiger charge is -2.38. The zero-order valence-corrected chi connectivity index (χ0v) is 19.7. The molecule has 33 heavy (non-hydrogen) atoms. The fourth-order valence-electron chi connectivity index (χ4n) is 2.67. The monoisotopic (exact) mass is 479 g/mol. The molecule has 10 heteroatoms. The van der Waals surface area contributed by atoms with Gasteiger partial charge in [-0.25, -0.2) is 9.18 Å². The summed E-state index contributed by atoms with van der Waals surface area (Å²) >= 11 is 1.20. The molecule has 0 radical (unpaired) electrons. The van der Waals surface area contributed by atoms with E-state index in [-0.39, 0.29) is 11.7 Å². The van der Waals surface area contributed by atoms with Crippen LogP contribution in [-0.2, 0) is 16.1 Å². The molecule has 0 saturated heterocycles. The number of carbonyl (C=O) groups excluding carboxylic acids is 2. The summed E-state index contributed by atoms with van der Waals surface area (Å²) in [5.74, 6) is -1.96. The van der Waals surface area contributed by atoms with Crippen molar-refractivity contribution in [1.29, 1.82) is 5.41 Å². The summed E-state index contributed by atoms with van der Waals surface area (Å²) in [6.45, 7) is 5.82. The Kier molecular flexibility index (Phi) is 11.4. The number of benzene rings is 1. The van der Waals surface area contributed by atoms with Gasteiger partial charge in [0.05, 0.1) is 6.34 Å². The number of aldehydes is 1. The summed E-state index contributed by atoms with van der Waals surface area (Å²) in [7, 11) is 0. The second-order valence-corrected chi connectivity index (χ2v) is 8.90. The molecule has 0 spiro atoms. The number of aryl methyl sites for hydroxylation is 1. The van der Waals surface area contributed by atoms with E-state index < -0.39 is 23.3 Å². The van der Waals surface area contributed by atoms with E-state index in [4.69, 9.17) is 10.1 Å². The number of hydrogen-bond acceptors (Lipinski definition) is 7. The first-order chi connectivity index (χ1) is 15.6. The summed E-state index contributed by atoms with van der Waals surface area (Å²) in [4.78, 5) is 34.1. The Balaban J connectivity index is 0.000000591. The van der Waals surface area contributed by atoms with Gasteiger partial charge in [-0.05, 0) is 56.0 Å². The van der Waals surface area contributed by atoms with Gasteiger partial charge >= 0.3 is 11.9 Å². The molecular formula is C23H30FN3O5S. The number of ether oxygens (including phenoxy) is 1. The molecule has 1 saturated carbocycles. The fraction of sp³-hybridized carbons (Fsp3) is 0.391. The van der Waals surface area contributed by atoms with Crippen molar-refractivity contribution in [2.24, 2.45) is 11.7 Å². The molecule has 8 nitrogen and oxygen atoms in total. The number of carboxylic acid groups (broad SMARTS) is 1. The normalized spacial score (nSPS) is 13.4. The van der Waals surface area contributed by atoms with Crippen molar-refractivity contribution in [2.75, 3.05) is 0 Å². The van der Waals surface area contributed by atoms with Crippen molar-refractivity contribution in [1.82, 2.24) is 5.32 Å². The van der Waals surface area contributed by atoms with Crippen LogP contribution in [0.5, 0.6) is 5.75 Å². The van der Waals surface area contributed by atoms with Crippen LogP contribution in [-0.4, -0.2) is 35.2 Å². The third-order valence-corrected chi connectivity index (χ3v) is 5.71. The average molecular weight is 480 g/mol. The molecule has 1 heterocycles. The number of rotatable bonds is 7. The molecule has 3 rings (SSSR count). The van der Waals surface area contributed by atoms with Crippen LogP contribution in [0.15, 0.2) is 30.3 Å². The Bertz CT molecular complexity index is 957. The molecule has 0 amide bonds. The van der Waals surface area contributed by atoms with Crippen LogP contribution in [0.2, 0.25) is 0 Å². The van der Waals surface area contributed by atoms with E-state index in [2.05, 4.69) is 11.1 Å². The summed E-state index contributed by atoms with van der Waals surface area (Å²) < 4.78 is 18.9. The lowest BCUT2D eigenvalue weighted by atomic mass is 9.77. The van der Waals surface area contributed by atoms with Gasteiger partial charge in [-0.3, -0.25) is 15.5 Å². The Morgan fingerprint density at radius 1 is 1.33 bits per heavy atom. The number of nitrogens with two attached hydrogens (primary N) is 1. The summed E-state index contributed by atoms with van der Waals surface area (Å²) in [5, 5.41) is 18.2. The van der Waals surface area contributed by atoms with Crippen LogP contribution in [0.4, 0.5) is 4.39 Å². The highest BCUT2D eigenvalue weighted by Crippen LogP contribution is 2.33. The van der Waals surface area contributed by atoms with Gasteiger partial charge in [0.2, 0.25) is 0 Å². The summed E-state index contributed by atoms with van der Waals surface area (Å²) in [6.07, 6.45) is 3.77. The summed E-state index contributed by atoms with van der Waals surface area (Å²) in [5.41, 5.74) is 4.28. The van der Waals surface area contributed by atoms with Gasteiger partial charge in [0.1, 0.15) is 16.7 Å². The van der Waals surface area contributed by atoms with E-state index in [1.165, 1.54) is 23.5 Å². The minimum atomic E-state index is -0.851. The van der Waals surface area contributed by atoms with Crippen molar-refractivity contribution in [3.8, 4) is 5.75 Å². The number of aliphatic carboxylic acids is 1. The Hall–Kier alpha value is -3.11. The largest absolute Gasteiger partial charge is 0.480 e. The standard InChI is InChI=1S/C18H18FNO4S.C4H8O.CH4N2/c1-11-3-5-14(13(19)9-11)24-16(21)15-6-4-12(25-15)10-20-18(17(22)23)7-2-8-18;1-4(2)3-5;2-1-3/h3-6,9,20H,2,7-8,10H2,1H3,(H,22,23);3-4H,1-2H3;1H,(H3,2,3). The zero-order chi connectivity index (χ0) is 25.0. The first-order valence-electron chi connectivity index (χ1n) is 10.3. The van der Waals surface area contributed by atoms with Crippen LogP contribution in [0, 0.1) is 24.1 Å². The van der Waals surface area contributed by atoms with Gasteiger partial charge in [0, 0.05) is 17.3 Å². The number of carboxylic acids is 1. The van der Waals surface area contributed by atoms with E-state index in [1.807, 2.05) is 13.8 Å².